The summed E-state index contributed by atoms with van der Waals surface area (Å²) in [5.41, 5.74) is 5.86. The first-order chi connectivity index (χ1) is 7.46. The van der Waals surface area contributed by atoms with Gasteiger partial charge in [0, 0.05) is 12.1 Å². The van der Waals surface area contributed by atoms with Crippen molar-refractivity contribution in [1.82, 2.24) is 5.32 Å². The van der Waals surface area contributed by atoms with E-state index in [1.807, 2.05) is 0 Å². The van der Waals surface area contributed by atoms with Gasteiger partial charge in [0.1, 0.15) is 0 Å². The molecule has 0 unspecified atom stereocenters. The molecule has 0 bridgehead atoms. The fraction of sp³-hybridized carbons (Fsp3) is 0.923. The van der Waals surface area contributed by atoms with Crippen molar-refractivity contribution in [3.8, 4) is 0 Å². The van der Waals surface area contributed by atoms with Crippen molar-refractivity contribution in [3.63, 3.8) is 0 Å². The predicted octanol–water partition coefficient (Wildman–Crippen LogP) is 2.74. The van der Waals surface area contributed by atoms with Crippen LogP contribution in [-0.4, -0.2) is 18.0 Å². The molecule has 2 aliphatic rings. The number of nitrogens with two attached hydrogens (primary N) is 1. The minimum atomic E-state index is 0. The standard InChI is InChI=1S/C13H25N3.HI/c1-13(2,3)16-12(14)15-8-10-7-11(10)9-5-4-6-9;/h9-11H,4-8H2,1-3H3,(H3,14,15,16);1H/t10-,11-;/m0./s1. The van der Waals surface area contributed by atoms with Crippen molar-refractivity contribution in [2.45, 2.75) is 52.0 Å². The number of aliphatic imine (C=N–C) groups is 1. The smallest absolute Gasteiger partial charge is 0.188 e. The Labute approximate surface area is 122 Å². The van der Waals surface area contributed by atoms with Crippen molar-refractivity contribution < 1.29 is 0 Å². The quantitative estimate of drug-likeness (QED) is 0.467. The largest absolute Gasteiger partial charge is 0.370 e. The van der Waals surface area contributed by atoms with Crippen LogP contribution in [0.5, 0.6) is 0 Å². The lowest BCUT2D eigenvalue weighted by Gasteiger charge is -2.25. The molecule has 2 fully saturated rings. The zero-order valence-corrected chi connectivity index (χ0v) is 13.5. The summed E-state index contributed by atoms with van der Waals surface area (Å²) >= 11 is 0. The fourth-order valence-electron chi connectivity index (χ4n) is 2.57. The third kappa shape index (κ3) is 4.64. The maximum absolute atomic E-state index is 5.84. The number of nitrogens with zero attached hydrogens (tertiary/aromatic N) is 1. The predicted molar refractivity (Wildman–Crippen MR) is 83.7 cm³/mol. The van der Waals surface area contributed by atoms with Gasteiger partial charge in [-0.1, -0.05) is 19.3 Å². The van der Waals surface area contributed by atoms with E-state index in [9.17, 15) is 0 Å². The van der Waals surface area contributed by atoms with E-state index in [4.69, 9.17) is 5.73 Å². The molecule has 0 aromatic rings. The Kier molecular flexibility index (Phi) is 5.10. The van der Waals surface area contributed by atoms with Gasteiger partial charge in [-0.3, -0.25) is 4.99 Å². The van der Waals surface area contributed by atoms with E-state index in [1.165, 1.54) is 25.7 Å². The van der Waals surface area contributed by atoms with E-state index in [-0.39, 0.29) is 29.5 Å². The van der Waals surface area contributed by atoms with Crippen molar-refractivity contribution in [2.75, 3.05) is 6.54 Å². The van der Waals surface area contributed by atoms with E-state index in [2.05, 4.69) is 31.1 Å². The Morgan fingerprint density at radius 3 is 2.47 bits per heavy atom. The molecule has 2 aliphatic carbocycles. The van der Waals surface area contributed by atoms with E-state index >= 15 is 0 Å². The van der Waals surface area contributed by atoms with Crippen LogP contribution in [0.1, 0.15) is 46.5 Å². The van der Waals surface area contributed by atoms with Crippen LogP contribution >= 0.6 is 24.0 Å². The van der Waals surface area contributed by atoms with E-state index in [1.54, 1.807) is 0 Å². The molecule has 0 amide bonds. The summed E-state index contributed by atoms with van der Waals surface area (Å²) in [7, 11) is 0. The second kappa shape index (κ2) is 5.76. The highest BCUT2D eigenvalue weighted by atomic mass is 127. The Morgan fingerprint density at radius 2 is 2.00 bits per heavy atom. The maximum atomic E-state index is 5.84. The molecule has 4 heteroatoms. The van der Waals surface area contributed by atoms with Gasteiger partial charge in [0.2, 0.25) is 0 Å². The molecule has 100 valence electrons. The zero-order valence-electron chi connectivity index (χ0n) is 11.2. The Balaban J connectivity index is 0.00000144. The van der Waals surface area contributed by atoms with Crippen LogP contribution in [0.15, 0.2) is 4.99 Å². The van der Waals surface area contributed by atoms with E-state index in [0.29, 0.717) is 5.96 Å². The molecule has 2 saturated carbocycles. The first kappa shape index (κ1) is 15.1. The van der Waals surface area contributed by atoms with Gasteiger partial charge in [0.25, 0.3) is 0 Å². The van der Waals surface area contributed by atoms with Gasteiger partial charge < -0.3 is 11.1 Å². The molecule has 0 heterocycles. The third-order valence-corrected chi connectivity index (χ3v) is 3.73. The molecule has 0 aliphatic heterocycles. The van der Waals surface area contributed by atoms with Gasteiger partial charge in [-0.05, 0) is 44.9 Å². The second-order valence-electron chi connectivity index (χ2n) is 6.45. The molecule has 0 aromatic carbocycles. The average molecular weight is 351 g/mol. The van der Waals surface area contributed by atoms with Crippen LogP contribution in [0, 0.1) is 17.8 Å². The Morgan fingerprint density at radius 1 is 1.35 bits per heavy atom. The number of hydrogen-bond donors (Lipinski definition) is 2. The molecular formula is C13H26IN3. The molecule has 3 N–H and O–H groups in total. The normalized spacial score (nSPS) is 29.2. The van der Waals surface area contributed by atoms with Crippen molar-refractivity contribution >= 4 is 29.9 Å². The topological polar surface area (TPSA) is 50.4 Å². The lowest BCUT2D eigenvalue weighted by molar-refractivity contribution is 0.266. The molecule has 17 heavy (non-hydrogen) atoms. The zero-order chi connectivity index (χ0) is 11.8. The van der Waals surface area contributed by atoms with Crippen LogP contribution in [0.25, 0.3) is 0 Å². The SMILES string of the molecule is CC(C)(C)NC(N)=NC[C@@H]1C[C@H]1C1CCC1.I. The number of rotatable bonds is 3. The summed E-state index contributed by atoms with van der Waals surface area (Å²) in [5, 5.41) is 3.20. The number of hydrogen-bond acceptors (Lipinski definition) is 1. The fourth-order valence-corrected chi connectivity index (χ4v) is 2.57. The summed E-state index contributed by atoms with van der Waals surface area (Å²) in [4.78, 5) is 4.45. The summed E-state index contributed by atoms with van der Waals surface area (Å²) in [6.45, 7) is 7.23. The molecule has 0 saturated heterocycles. The minimum absolute atomic E-state index is 0. The van der Waals surface area contributed by atoms with Crippen molar-refractivity contribution in [1.29, 1.82) is 0 Å². The van der Waals surface area contributed by atoms with Crippen LogP contribution in [-0.2, 0) is 0 Å². The molecule has 2 rings (SSSR count). The lowest BCUT2D eigenvalue weighted by atomic mass is 9.81. The highest BCUT2D eigenvalue weighted by Crippen LogP contribution is 2.51. The highest BCUT2D eigenvalue weighted by molar-refractivity contribution is 14.0. The third-order valence-electron chi connectivity index (χ3n) is 3.73. The van der Waals surface area contributed by atoms with Crippen LogP contribution in [0.2, 0.25) is 0 Å². The summed E-state index contributed by atoms with van der Waals surface area (Å²) in [5.74, 6) is 3.43. The first-order valence-corrected chi connectivity index (χ1v) is 6.54. The highest BCUT2D eigenvalue weighted by Gasteiger charge is 2.44. The van der Waals surface area contributed by atoms with Gasteiger partial charge >= 0.3 is 0 Å². The molecule has 0 spiro atoms. The molecule has 0 aromatic heterocycles. The second-order valence-corrected chi connectivity index (χ2v) is 6.45. The average Bonchev–Trinajstić information content (AvgIpc) is 2.74. The molecule has 2 atom stereocenters. The van der Waals surface area contributed by atoms with Crippen LogP contribution < -0.4 is 11.1 Å². The Hall–Kier alpha value is 0. The van der Waals surface area contributed by atoms with Gasteiger partial charge in [-0.15, -0.1) is 24.0 Å². The van der Waals surface area contributed by atoms with Crippen LogP contribution in [0.3, 0.4) is 0 Å². The molecular weight excluding hydrogens is 325 g/mol. The van der Waals surface area contributed by atoms with Crippen molar-refractivity contribution in [2.24, 2.45) is 28.5 Å². The van der Waals surface area contributed by atoms with Gasteiger partial charge in [0.05, 0.1) is 0 Å². The summed E-state index contributed by atoms with van der Waals surface area (Å²) < 4.78 is 0. The number of nitrogens with one attached hydrogen (secondary N) is 1. The van der Waals surface area contributed by atoms with Gasteiger partial charge in [0.15, 0.2) is 5.96 Å². The Bertz CT molecular complexity index is 279. The lowest BCUT2D eigenvalue weighted by Crippen LogP contribution is -2.45. The summed E-state index contributed by atoms with van der Waals surface area (Å²) in [6, 6.07) is 0. The summed E-state index contributed by atoms with van der Waals surface area (Å²) in [6.07, 6.45) is 5.75. The monoisotopic (exact) mass is 351 g/mol. The maximum Gasteiger partial charge on any atom is 0.188 e. The van der Waals surface area contributed by atoms with Gasteiger partial charge in [-0.2, -0.15) is 0 Å². The van der Waals surface area contributed by atoms with Crippen LogP contribution in [0.4, 0.5) is 0 Å². The minimum Gasteiger partial charge on any atom is -0.370 e. The first-order valence-electron chi connectivity index (χ1n) is 6.54. The van der Waals surface area contributed by atoms with Gasteiger partial charge in [-0.25, -0.2) is 0 Å². The number of halogens is 1. The van der Waals surface area contributed by atoms with Crippen molar-refractivity contribution in [3.05, 3.63) is 0 Å². The number of guanidine groups is 1. The molecule has 0 radical (unpaired) electrons. The molecule has 3 nitrogen and oxygen atoms in total. The van der Waals surface area contributed by atoms with E-state index in [0.717, 1.165) is 24.3 Å². The van der Waals surface area contributed by atoms with E-state index < -0.39 is 0 Å².